The van der Waals surface area contributed by atoms with E-state index >= 15 is 0 Å². The summed E-state index contributed by atoms with van der Waals surface area (Å²) in [6.45, 7) is 5.83. The Hall–Kier alpha value is -4.12. The van der Waals surface area contributed by atoms with Crippen LogP contribution in [0.5, 0.6) is 0 Å². The molecule has 0 fully saturated rings. The van der Waals surface area contributed by atoms with Gasteiger partial charge in [0.2, 0.25) is 0 Å². The molecule has 0 unspecified atom stereocenters. The number of aromatic nitrogens is 3. The average molecular weight is 705 g/mol. The quantitative estimate of drug-likeness (QED) is 0.0789. The van der Waals surface area contributed by atoms with Gasteiger partial charge in [-0.05, 0) is 24.0 Å². The van der Waals surface area contributed by atoms with Gasteiger partial charge in [-0.15, -0.1) is 0 Å². The van der Waals surface area contributed by atoms with Crippen molar-refractivity contribution in [2.45, 2.75) is 25.7 Å². The Labute approximate surface area is 281 Å². The minimum absolute atomic E-state index is 0. The van der Waals surface area contributed by atoms with Crippen molar-refractivity contribution in [2.24, 2.45) is 4.99 Å². The summed E-state index contributed by atoms with van der Waals surface area (Å²) in [4.78, 5) is 39.6. The maximum atomic E-state index is 13.1. The Kier molecular flexibility index (Phi) is 16.5. The van der Waals surface area contributed by atoms with Gasteiger partial charge in [-0.1, -0.05) is 63.2 Å². The van der Waals surface area contributed by atoms with Crippen LogP contribution in [0.3, 0.4) is 0 Å². The van der Waals surface area contributed by atoms with Gasteiger partial charge in [0, 0.05) is 57.2 Å². The molecule has 1 aromatic heterocycles. The number of aromatic amines is 1. The molecule has 6 N–H and O–H groups in total. The van der Waals surface area contributed by atoms with E-state index in [1.807, 2.05) is 20.8 Å². The molecule has 3 aromatic carbocycles. The number of carbonyl (C=O) groups excluding carboxylic acids is 2. The number of nitrogens with two attached hydrogens (primary N) is 1. The largest absolute Gasteiger partial charge is 0.419 e. The first-order chi connectivity index (χ1) is 20.6. The summed E-state index contributed by atoms with van der Waals surface area (Å²) >= 11 is 0. The van der Waals surface area contributed by atoms with Crippen molar-refractivity contribution in [3.05, 3.63) is 101 Å². The normalized spacial score (nSPS) is 11.7. The fraction of sp³-hybridized carbons (Fsp3) is 0.179. The van der Waals surface area contributed by atoms with Gasteiger partial charge < -0.3 is 31.0 Å². The van der Waals surface area contributed by atoms with Gasteiger partial charge in [0.25, 0.3) is 20.2 Å². The predicted octanol–water partition coefficient (Wildman–Crippen LogP) is 2.63. The zero-order valence-electron chi connectivity index (χ0n) is 25.4. The van der Waals surface area contributed by atoms with E-state index in [0.29, 0.717) is 17.6 Å². The molecule has 1 aliphatic carbocycles. The van der Waals surface area contributed by atoms with E-state index < -0.39 is 42.4 Å². The van der Waals surface area contributed by atoms with Crippen LogP contribution in [0, 0.1) is 13.3 Å². The van der Waals surface area contributed by atoms with Crippen LogP contribution < -0.4 is 16.7 Å². The van der Waals surface area contributed by atoms with Gasteiger partial charge in [-0.3, -0.25) is 18.7 Å². The second-order valence-corrected chi connectivity index (χ2v) is 11.4. The Bertz CT molecular complexity index is 1950. The van der Waals surface area contributed by atoms with E-state index in [9.17, 15) is 31.0 Å². The van der Waals surface area contributed by atoms with Crippen molar-refractivity contribution in [2.75, 3.05) is 24.4 Å². The molecule has 18 heteroatoms. The molecular weight excluding hydrogens is 674 g/mol. The second kappa shape index (κ2) is 18.1. The standard InChI is InChI=1S/C20H14N2O5S.C5H7N4.C2H6.CH4O3S.B.V/c21-18-15(28(25,26)27)10-14(22-11-6-2-1-3-7-11)16-17(18)20(24)13-9-5-4-8-12(13)19(16)23;1-4-7-3-8-5(6-2)9-4;1-2;1-5(2,3)4;;/h1-10,22H,21H2,(H,25,26,27);1-2H3,(H,6,7,8,9);1-2H3;1H3,(H,2,3,4);;/q;-1;;;;. The van der Waals surface area contributed by atoms with Crippen LogP contribution in [-0.2, 0) is 38.8 Å². The minimum Gasteiger partial charge on any atom is -0.419 e. The van der Waals surface area contributed by atoms with Crippen LogP contribution in [0.15, 0.2) is 70.6 Å². The number of ketones is 2. The van der Waals surface area contributed by atoms with Gasteiger partial charge in [0.1, 0.15) is 10.5 Å². The summed E-state index contributed by atoms with van der Waals surface area (Å²) < 4.78 is 59.1. The van der Waals surface area contributed by atoms with Crippen LogP contribution in [0.2, 0.25) is 0 Å². The summed E-state index contributed by atoms with van der Waals surface area (Å²) in [5.74, 6) is -0.271. The zero-order valence-corrected chi connectivity index (χ0v) is 28.4. The van der Waals surface area contributed by atoms with Gasteiger partial charge >= 0.3 is 0 Å². The number of nitrogens with zero attached hydrogens (tertiary/aromatic N) is 3. The number of fused-ring (bicyclic) bond motifs is 2. The summed E-state index contributed by atoms with van der Waals surface area (Å²) in [6.07, 6.45) is 3.17. The Morgan fingerprint density at radius 3 is 1.80 bits per heavy atom. The van der Waals surface area contributed by atoms with Gasteiger partial charge in [0.05, 0.1) is 28.8 Å². The second-order valence-electron chi connectivity index (χ2n) is 8.57. The number of benzene rings is 3. The van der Waals surface area contributed by atoms with E-state index in [2.05, 4.69) is 31.6 Å². The van der Waals surface area contributed by atoms with Crippen molar-refractivity contribution in [3.63, 3.8) is 0 Å². The van der Waals surface area contributed by atoms with Crippen molar-refractivity contribution in [1.29, 1.82) is 0 Å². The van der Waals surface area contributed by atoms with Crippen LogP contribution >= 0.6 is 0 Å². The Balaban J connectivity index is 0.000000939. The molecule has 46 heavy (non-hydrogen) atoms. The van der Waals surface area contributed by atoms with Crippen LogP contribution in [-0.4, -0.2) is 74.2 Å². The number of rotatable bonds is 3. The van der Waals surface area contributed by atoms with E-state index in [4.69, 9.17) is 10.3 Å². The summed E-state index contributed by atoms with van der Waals surface area (Å²) in [5, 5.41) is 2.95. The Morgan fingerprint density at radius 1 is 0.891 bits per heavy atom. The number of hydrogen-bond acceptors (Lipinski definition) is 11. The number of hydrogen-bond donors (Lipinski definition) is 5. The van der Waals surface area contributed by atoms with Gasteiger partial charge in [-0.25, -0.2) is 0 Å². The first-order valence-corrected chi connectivity index (χ1v) is 16.0. The molecule has 14 nitrogen and oxygen atoms in total. The van der Waals surface area contributed by atoms with Crippen LogP contribution in [0.25, 0.3) is 0 Å². The van der Waals surface area contributed by atoms with E-state index in [-0.39, 0.29) is 54.9 Å². The fourth-order valence-electron chi connectivity index (χ4n) is 3.75. The number of nitrogens with one attached hydrogen (secondary N) is 2. The molecule has 0 spiro atoms. The molecule has 0 saturated carbocycles. The fourth-order valence-corrected chi connectivity index (χ4v) is 4.40. The first-order valence-electron chi connectivity index (χ1n) is 12.7. The number of aryl methyl sites for hydroxylation is 1. The molecule has 1 heterocycles. The first kappa shape index (κ1) is 41.9. The monoisotopic (exact) mass is 705 g/mol. The van der Waals surface area contributed by atoms with Crippen molar-refractivity contribution >= 4 is 57.3 Å². The summed E-state index contributed by atoms with van der Waals surface area (Å²) in [6, 6.07) is 16.0. The van der Waals surface area contributed by atoms with Crippen molar-refractivity contribution in [3.8, 4) is 0 Å². The minimum atomic E-state index is -4.73. The van der Waals surface area contributed by atoms with E-state index in [1.54, 1.807) is 49.5 Å². The van der Waals surface area contributed by atoms with Crippen LogP contribution in [0.1, 0.15) is 51.5 Å². The molecule has 0 atom stereocenters. The SMILES string of the molecule is CC.CN=c1n[c-]nc(C)[nH]1.CS(=O)(=O)O.Nc1c(S(=O)(=O)O)cc(Nc2ccccc2)c2c1C(=O)c1ccccc1C2=O.[B].[V]. The maximum absolute atomic E-state index is 13.1. The van der Waals surface area contributed by atoms with Gasteiger partial charge in [-0.2, -0.15) is 16.8 Å². The van der Waals surface area contributed by atoms with Gasteiger partial charge in [0.15, 0.2) is 11.6 Å². The number of carbonyl (C=O) groups is 2. The summed E-state index contributed by atoms with van der Waals surface area (Å²) in [7, 11) is -6.74. The number of para-hydroxylation sites is 1. The molecule has 0 saturated heterocycles. The molecule has 5 rings (SSSR count). The molecule has 0 amide bonds. The van der Waals surface area contributed by atoms with Crippen LogP contribution in [0.4, 0.5) is 17.1 Å². The predicted molar refractivity (Wildman–Crippen MR) is 170 cm³/mol. The van der Waals surface area contributed by atoms with Crippen molar-refractivity contribution in [1.82, 2.24) is 15.0 Å². The molecule has 4 radical (unpaired) electrons. The number of nitrogen functional groups attached to an aromatic ring is 1. The van der Waals surface area contributed by atoms with E-state index in [1.165, 1.54) is 12.1 Å². The molecule has 0 aliphatic heterocycles. The third kappa shape index (κ3) is 11.3. The smallest absolute Gasteiger partial charge is 0.296 e. The zero-order chi connectivity index (χ0) is 33.2. The van der Waals surface area contributed by atoms with Crippen molar-refractivity contribution < 1.29 is 54.1 Å². The maximum Gasteiger partial charge on any atom is 0.296 e. The molecule has 242 valence electrons. The molecule has 0 bridgehead atoms. The third-order valence-electron chi connectivity index (χ3n) is 5.41. The third-order valence-corrected chi connectivity index (χ3v) is 6.30. The average Bonchev–Trinajstić information content (AvgIpc) is 2.97. The number of anilines is 3. The molecule has 4 aromatic rings. The van der Waals surface area contributed by atoms with E-state index in [0.717, 1.165) is 11.9 Å². The topological polar surface area (TPSA) is 235 Å². The Morgan fingerprint density at radius 2 is 1.37 bits per heavy atom. The molecule has 1 aliphatic rings. The summed E-state index contributed by atoms with van der Waals surface area (Å²) in [5.41, 5.74) is 6.72. The number of H-pyrrole nitrogens is 1. The molecular formula is C28H31BN6O8S2V-.